The molecule has 3 heterocycles. The molecule has 1 aliphatic heterocycles. The van der Waals surface area contributed by atoms with Crippen LogP contribution in [0.15, 0.2) is 18.3 Å². The molecule has 2 fully saturated rings. The third-order valence-corrected chi connectivity index (χ3v) is 5.85. The largest absolute Gasteiger partial charge is 0.465 e. The Morgan fingerprint density at radius 2 is 2.15 bits per heavy atom. The van der Waals surface area contributed by atoms with Gasteiger partial charge in [-0.15, -0.1) is 10.2 Å². The second-order valence-corrected chi connectivity index (χ2v) is 7.43. The molecule has 3 unspecified atom stereocenters. The van der Waals surface area contributed by atoms with Crippen LogP contribution < -0.4 is 5.32 Å². The number of fused-ring (bicyclic) bond motifs is 1. The number of nitrogens with zero attached hydrogens (tertiary/aromatic N) is 5. The number of carbonyl (C=O) groups is 1. The third kappa shape index (κ3) is 3.00. The van der Waals surface area contributed by atoms with E-state index in [1.165, 1.54) is 0 Å². The van der Waals surface area contributed by atoms with E-state index in [1.807, 2.05) is 32.3 Å². The fourth-order valence-electron chi connectivity index (χ4n) is 4.49. The first-order valence-electron chi connectivity index (χ1n) is 9.07. The van der Waals surface area contributed by atoms with Crippen molar-refractivity contribution in [3.63, 3.8) is 0 Å². The minimum atomic E-state index is -0.793. The van der Waals surface area contributed by atoms with E-state index in [2.05, 4.69) is 20.6 Å². The van der Waals surface area contributed by atoms with E-state index in [1.54, 1.807) is 9.58 Å². The molecule has 2 N–H and O–H groups in total. The van der Waals surface area contributed by atoms with Crippen LogP contribution >= 0.6 is 0 Å². The SMILES string of the molecule is Cc1cnn(C)c1-c1ccc(NCC2CCC3CN(C(=O)O)CC23)nn1. The van der Waals surface area contributed by atoms with E-state index in [4.69, 9.17) is 0 Å². The van der Waals surface area contributed by atoms with Gasteiger partial charge in [0.2, 0.25) is 0 Å². The average Bonchev–Trinajstić information content (AvgIpc) is 3.29. The van der Waals surface area contributed by atoms with Crippen LogP contribution in [0.1, 0.15) is 18.4 Å². The summed E-state index contributed by atoms with van der Waals surface area (Å²) in [7, 11) is 1.90. The van der Waals surface area contributed by atoms with E-state index in [0.717, 1.165) is 42.2 Å². The Bertz CT molecular complexity index is 783. The lowest BCUT2D eigenvalue weighted by atomic mass is 9.92. The minimum Gasteiger partial charge on any atom is -0.465 e. The van der Waals surface area contributed by atoms with Crippen LogP contribution in [0.2, 0.25) is 0 Å². The van der Waals surface area contributed by atoms with Gasteiger partial charge in [0.05, 0.1) is 11.9 Å². The average molecular weight is 356 g/mol. The number of aromatic nitrogens is 4. The summed E-state index contributed by atoms with van der Waals surface area (Å²) in [6.07, 6.45) is 3.29. The Morgan fingerprint density at radius 3 is 2.81 bits per heavy atom. The molecule has 1 amide bonds. The Hall–Kier alpha value is -2.64. The number of anilines is 1. The van der Waals surface area contributed by atoms with Gasteiger partial charge in [0.1, 0.15) is 11.5 Å². The predicted molar refractivity (Wildman–Crippen MR) is 96.8 cm³/mol. The highest BCUT2D eigenvalue weighted by Crippen LogP contribution is 2.42. The van der Waals surface area contributed by atoms with Crippen molar-refractivity contribution in [3.05, 3.63) is 23.9 Å². The number of amides is 1. The maximum absolute atomic E-state index is 11.2. The van der Waals surface area contributed by atoms with Crippen molar-refractivity contribution in [1.29, 1.82) is 0 Å². The Balaban J connectivity index is 1.38. The molecular formula is C18H24N6O2. The molecule has 0 bridgehead atoms. The number of carboxylic acid groups (broad SMARTS) is 1. The first-order chi connectivity index (χ1) is 12.5. The second kappa shape index (κ2) is 6.59. The van der Waals surface area contributed by atoms with Gasteiger partial charge in [0.25, 0.3) is 0 Å². The highest BCUT2D eigenvalue weighted by molar-refractivity contribution is 5.65. The molecule has 4 rings (SSSR count). The smallest absolute Gasteiger partial charge is 0.407 e. The lowest BCUT2D eigenvalue weighted by molar-refractivity contribution is 0.151. The van der Waals surface area contributed by atoms with Gasteiger partial charge in [-0.05, 0) is 55.2 Å². The maximum atomic E-state index is 11.2. The highest BCUT2D eigenvalue weighted by Gasteiger charge is 2.43. The molecule has 0 spiro atoms. The van der Waals surface area contributed by atoms with Gasteiger partial charge >= 0.3 is 6.09 Å². The van der Waals surface area contributed by atoms with Crippen LogP contribution in [-0.2, 0) is 7.05 Å². The number of hydrogen-bond acceptors (Lipinski definition) is 5. The summed E-state index contributed by atoms with van der Waals surface area (Å²) in [5.74, 6) is 2.22. The molecule has 1 saturated carbocycles. The Morgan fingerprint density at radius 1 is 1.31 bits per heavy atom. The summed E-state index contributed by atoms with van der Waals surface area (Å²) < 4.78 is 1.80. The molecule has 1 saturated heterocycles. The van der Waals surface area contributed by atoms with Gasteiger partial charge in [-0.1, -0.05) is 0 Å². The summed E-state index contributed by atoms with van der Waals surface area (Å²) >= 11 is 0. The summed E-state index contributed by atoms with van der Waals surface area (Å²) in [5, 5.41) is 25.4. The number of likely N-dealkylation sites (tertiary alicyclic amines) is 1. The first kappa shape index (κ1) is 16.8. The van der Waals surface area contributed by atoms with E-state index >= 15 is 0 Å². The van der Waals surface area contributed by atoms with Crippen LogP contribution in [0.4, 0.5) is 10.6 Å². The molecule has 0 aromatic carbocycles. The molecule has 8 nitrogen and oxygen atoms in total. The molecular weight excluding hydrogens is 332 g/mol. The molecule has 1 aliphatic carbocycles. The Labute approximate surface area is 152 Å². The van der Waals surface area contributed by atoms with Crippen molar-refractivity contribution in [2.24, 2.45) is 24.8 Å². The van der Waals surface area contributed by atoms with Crippen LogP contribution in [0.25, 0.3) is 11.4 Å². The van der Waals surface area contributed by atoms with Gasteiger partial charge in [0.15, 0.2) is 0 Å². The molecule has 2 aromatic heterocycles. The lowest BCUT2D eigenvalue weighted by Crippen LogP contribution is -2.29. The zero-order valence-electron chi connectivity index (χ0n) is 15.1. The highest BCUT2D eigenvalue weighted by atomic mass is 16.4. The van der Waals surface area contributed by atoms with Gasteiger partial charge in [-0.25, -0.2) is 4.79 Å². The fourth-order valence-corrected chi connectivity index (χ4v) is 4.49. The van der Waals surface area contributed by atoms with Crippen molar-refractivity contribution < 1.29 is 9.90 Å². The molecule has 8 heteroatoms. The summed E-state index contributed by atoms with van der Waals surface area (Å²) in [4.78, 5) is 12.7. The molecule has 3 atom stereocenters. The fraction of sp³-hybridized carbons (Fsp3) is 0.556. The van der Waals surface area contributed by atoms with Crippen molar-refractivity contribution in [3.8, 4) is 11.4 Å². The summed E-state index contributed by atoms with van der Waals surface area (Å²) in [6.45, 7) is 4.17. The monoisotopic (exact) mass is 356 g/mol. The van der Waals surface area contributed by atoms with Crippen LogP contribution in [0.3, 0.4) is 0 Å². The number of nitrogens with one attached hydrogen (secondary N) is 1. The quantitative estimate of drug-likeness (QED) is 0.872. The number of aryl methyl sites for hydroxylation is 2. The van der Waals surface area contributed by atoms with Crippen molar-refractivity contribution >= 4 is 11.9 Å². The summed E-state index contributed by atoms with van der Waals surface area (Å²) in [5.41, 5.74) is 2.85. The third-order valence-electron chi connectivity index (χ3n) is 5.85. The summed E-state index contributed by atoms with van der Waals surface area (Å²) in [6, 6.07) is 3.90. The van der Waals surface area contributed by atoms with E-state index < -0.39 is 6.09 Å². The van der Waals surface area contributed by atoms with Gasteiger partial charge in [-0.2, -0.15) is 5.10 Å². The molecule has 0 radical (unpaired) electrons. The van der Waals surface area contributed by atoms with Gasteiger partial charge in [0, 0.05) is 26.7 Å². The van der Waals surface area contributed by atoms with Crippen molar-refractivity contribution in [1.82, 2.24) is 24.9 Å². The molecule has 2 aromatic rings. The molecule has 26 heavy (non-hydrogen) atoms. The molecule has 2 aliphatic rings. The Kier molecular flexibility index (Phi) is 4.26. The van der Waals surface area contributed by atoms with Crippen molar-refractivity contribution in [2.75, 3.05) is 25.0 Å². The van der Waals surface area contributed by atoms with E-state index in [9.17, 15) is 9.90 Å². The van der Waals surface area contributed by atoms with E-state index in [-0.39, 0.29) is 0 Å². The minimum absolute atomic E-state index is 0.461. The maximum Gasteiger partial charge on any atom is 0.407 e. The van der Waals surface area contributed by atoms with Crippen LogP contribution in [0.5, 0.6) is 0 Å². The zero-order chi connectivity index (χ0) is 18.3. The predicted octanol–water partition coefficient (Wildman–Crippen LogP) is 2.23. The second-order valence-electron chi connectivity index (χ2n) is 7.43. The van der Waals surface area contributed by atoms with Crippen LogP contribution in [-0.4, -0.2) is 55.7 Å². The topological polar surface area (TPSA) is 96.2 Å². The number of rotatable bonds is 4. The lowest BCUT2D eigenvalue weighted by Gasteiger charge is -2.19. The zero-order valence-corrected chi connectivity index (χ0v) is 15.1. The molecule has 138 valence electrons. The van der Waals surface area contributed by atoms with Crippen molar-refractivity contribution in [2.45, 2.75) is 19.8 Å². The normalized spacial score (nSPS) is 24.7. The standard InChI is InChI=1S/C18H24N6O2/c1-11-7-20-23(2)17(11)15-5-6-16(22-21-15)19-8-12-3-4-13-9-24(18(25)26)10-14(12)13/h5-7,12-14H,3-4,8-10H2,1-2H3,(H,19,22)(H,25,26). The first-order valence-corrected chi connectivity index (χ1v) is 9.07. The van der Waals surface area contributed by atoms with Crippen LogP contribution in [0, 0.1) is 24.7 Å². The van der Waals surface area contributed by atoms with Gasteiger partial charge in [-0.3, -0.25) is 4.68 Å². The van der Waals surface area contributed by atoms with E-state index in [0.29, 0.717) is 30.8 Å². The van der Waals surface area contributed by atoms with Gasteiger partial charge < -0.3 is 15.3 Å². The number of hydrogen-bond donors (Lipinski definition) is 2.